The molecule has 0 saturated carbocycles. The highest BCUT2D eigenvalue weighted by atomic mass is 16.5. The Bertz CT molecular complexity index is 1000. The quantitative estimate of drug-likeness (QED) is 0.257. The molecule has 166 valence electrons. The molecule has 1 heterocycles. The van der Waals surface area contributed by atoms with Gasteiger partial charge in [0.25, 0.3) is 5.91 Å². The fraction of sp³-hybridized carbons (Fsp3) is 0.269. The fourth-order valence-electron chi connectivity index (χ4n) is 2.99. The molecule has 0 unspecified atom stereocenters. The second-order valence-electron chi connectivity index (χ2n) is 7.44. The van der Waals surface area contributed by atoms with E-state index in [4.69, 9.17) is 9.47 Å². The summed E-state index contributed by atoms with van der Waals surface area (Å²) in [6, 6.07) is 19.1. The van der Waals surface area contributed by atoms with E-state index in [1.807, 2.05) is 36.4 Å². The lowest BCUT2D eigenvalue weighted by molar-refractivity contribution is 0.0955. The van der Waals surface area contributed by atoms with Crippen LogP contribution in [0.1, 0.15) is 54.1 Å². The predicted octanol–water partition coefficient (Wildman–Crippen LogP) is 5.21. The fourth-order valence-corrected chi connectivity index (χ4v) is 2.99. The van der Waals surface area contributed by atoms with Crippen LogP contribution in [0.5, 0.6) is 11.5 Å². The van der Waals surface area contributed by atoms with E-state index < -0.39 is 0 Å². The zero-order valence-electron chi connectivity index (χ0n) is 18.5. The number of ether oxygens (including phenoxy) is 2. The second-order valence-corrected chi connectivity index (χ2v) is 7.44. The first-order chi connectivity index (χ1) is 15.7. The van der Waals surface area contributed by atoms with Gasteiger partial charge in [0.05, 0.1) is 19.4 Å². The molecule has 3 rings (SSSR count). The summed E-state index contributed by atoms with van der Waals surface area (Å²) in [4.78, 5) is 15.9. The number of carbonyl (C=O) groups is 1. The van der Waals surface area contributed by atoms with Crippen LogP contribution in [0.2, 0.25) is 0 Å². The van der Waals surface area contributed by atoms with Gasteiger partial charge in [0, 0.05) is 24.4 Å². The minimum absolute atomic E-state index is 0.287. The Hall–Kier alpha value is -3.67. The molecule has 1 N–H and O–H groups in total. The van der Waals surface area contributed by atoms with Gasteiger partial charge in [0.15, 0.2) is 0 Å². The average molecular weight is 432 g/mol. The molecule has 2 aromatic carbocycles. The zero-order valence-corrected chi connectivity index (χ0v) is 18.5. The van der Waals surface area contributed by atoms with Crippen LogP contribution in [-0.2, 0) is 0 Å². The molecule has 0 aliphatic heterocycles. The van der Waals surface area contributed by atoms with Crippen molar-refractivity contribution in [2.75, 3.05) is 13.2 Å². The molecule has 6 nitrogen and oxygen atoms in total. The smallest absolute Gasteiger partial charge is 0.271 e. The highest BCUT2D eigenvalue weighted by molar-refractivity contribution is 5.94. The molecule has 3 aromatic rings. The minimum Gasteiger partial charge on any atom is -0.493 e. The van der Waals surface area contributed by atoms with Crippen molar-refractivity contribution in [1.82, 2.24) is 10.4 Å². The summed E-state index contributed by atoms with van der Waals surface area (Å²) in [5.74, 6) is 1.90. The molecule has 6 heteroatoms. The summed E-state index contributed by atoms with van der Waals surface area (Å²) in [6.45, 7) is 5.56. The largest absolute Gasteiger partial charge is 0.493 e. The van der Waals surface area contributed by atoms with Crippen molar-refractivity contribution in [3.05, 3.63) is 89.7 Å². The summed E-state index contributed by atoms with van der Waals surface area (Å²) >= 11 is 0. The number of carbonyl (C=O) groups excluding carboxylic acids is 1. The minimum atomic E-state index is -0.287. The SMILES string of the molecule is CC[C@@H](C)c1ccc(OCCCOc2cccc(/C=N\NC(=O)c3ccncc3)c2)cc1. The predicted molar refractivity (Wildman–Crippen MR) is 126 cm³/mol. The van der Waals surface area contributed by atoms with Crippen LogP contribution in [0.25, 0.3) is 0 Å². The number of benzene rings is 2. The first-order valence-corrected chi connectivity index (χ1v) is 10.8. The number of aromatic nitrogens is 1. The molecule has 1 atom stereocenters. The number of pyridine rings is 1. The summed E-state index contributed by atoms with van der Waals surface area (Å²) in [6.07, 6.45) is 6.61. The van der Waals surface area contributed by atoms with Crippen molar-refractivity contribution in [2.45, 2.75) is 32.6 Å². The standard InChI is InChI=1S/C26H29N3O3/c1-3-20(2)22-8-10-24(11-9-22)31-16-5-17-32-25-7-4-6-21(18-25)19-28-29-26(30)23-12-14-27-15-13-23/h4,6-15,18-20H,3,5,16-17H2,1-2H3,(H,29,30)/b28-19-/t20-/m1/s1. The number of hydrogen-bond donors (Lipinski definition) is 1. The monoisotopic (exact) mass is 431 g/mol. The second kappa shape index (κ2) is 12.2. The van der Waals surface area contributed by atoms with Crippen LogP contribution in [0, 0.1) is 0 Å². The molecular formula is C26H29N3O3. The molecule has 0 bridgehead atoms. The third kappa shape index (κ3) is 7.23. The maximum Gasteiger partial charge on any atom is 0.271 e. The lowest BCUT2D eigenvalue weighted by Crippen LogP contribution is -2.17. The number of nitrogens with zero attached hydrogens (tertiary/aromatic N) is 2. The molecule has 32 heavy (non-hydrogen) atoms. The first kappa shape index (κ1) is 23.0. The van der Waals surface area contributed by atoms with Crippen LogP contribution >= 0.6 is 0 Å². The van der Waals surface area contributed by atoms with E-state index in [9.17, 15) is 4.79 Å². The maximum absolute atomic E-state index is 12.0. The van der Waals surface area contributed by atoms with Crippen LogP contribution in [0.4, 0.5) is 0 Å². The Balaban J connectivity index is 1.39. The van der Waals surface area contributed by atoms with Gasteiger partial charge < -0.3 is 9.47 Å². The van der Waals surface area contributed by atoms with E-state index >= 15 is 0 Å². The normalized spacial score (nSPS) is 11.8. The van der Waals surface area contributed by atoms with Gasteiger partial charge in [0.2, 0.25) is 0 Å². The highest BCUT2D eigenvalue weighted by Crippen LogP contribution is 2.21. The zero-order chi connectivity index (χ0) is 22.6. The van der Waals surface area contributed by atoms with Gasteiger partial charge in [0.1, 0.15) is 11.5 Å². The molecule has 0 aliphatic carbocycles. The lowest BCUT2D eigenvalue weighted by atomic mass is 9.99. The van der Waals surface area contributed by atoms with Gasteiger partial charge in [-0.25, -0.2) is 5.43 Å². The molecule has 1 aromatic heterocycles. The third-order valence-corrected chi connectivity index (χ3v) is 5.07. The molecule has 0 saturated heterocycles. The number of hydrazone groups is 1. The van der Waals surface area contributed by atoms with Gasteiger partial charge in [-0.2, -0.15) is 5.10 Å². The van der Waals surface area contributed by atoms with Crippen molar-refractivity contribution in [1.29, 1.82) is 0 Å². The maximum atomic E-state index is 12.0. The van der Waals surface area contributed by atoms with Gasteiger partial charge in [-0.15, -0.1) is 0 Å². The molecule has 0 radical (unpaired) electrons. The summed E-state index contributed by atoms with van der Waals surface area (Å²) in [7, 11) is 0. The number of amides is 1. The number of hydrogen-bond acceptors (Lipinski definition) is 5. The summed E-state index contributed by atoms with van der Waals surface area (Å²) in [5, 5.41) is 4.00. The Kier molecular flexibility index (Phi) is 8.80. The lowest BCUT2D eigenvalue weighted by Gasteiger charge is -2.11. The van der Waals surface area contributed by atoms with Crippen molar-refractivity contribution in [3.8, 4) is 11.5 Å². The van der Waals surface area contributed by atoms with E-state index in [0.717, 1.165) is 29.9 Å². The van der Waals surface area contributed by atoms with E-state index in [1.54, 1.807) is 30.7 Å². The molecule has 1 amide bonds. The molecule has 0 aliphatic rings. The Labute approximate surface area is 189 Å². The molecule has 0 fully saturated rings. The summed E-state index contributed by atoms with van der Waals surface area (Å²) < 4.78 is 11.6. The van der Waals surface area contributed by atoms with E-state index in [0.29, 0.717) is 24.7 Å². The Morgan fingerprint density at radius 3 is 2.47 bits per heavy atom. The van der Waals surface area contributed by atoms with Gasteiger partial charge >= 0.3 is 0 Å². The van der Waals surface area contributed by atoms with Gasteiger partial charge in [-0.05, 0) is 59.9 Å². The van der Waals surface area contributed by atoms with E-state index in [-0.39, 0.29) is 5.91 Å². The van der Waals surface area contributed by atoms with Crippen molar-refractivity contribution < 1.29 is 14.3 Å². The van der Waals surface area contributed by atoms with Crippen molar-refractivity contribution in [3.63, 3.8) is 0 Å². The van der Waals surface area contributed by atoms with Gasteiger partial charge in [-0.3, -0.25) is 9.78 Å². The van der Waals surface area contributed by atoms with Crippen LogP contribution in [0.3, 0.4) is 0 Å². The summed E-state index contributed by atoms with van der Waals surface area (Å²) in [5.41, 5.74) is 5.17. The van der Waals surface area contributed by atoms with Crippen LogP contribution < -0.4 is 14.9 Å². The Morgan fingerprint density at radius 2 is 1.75 bits per heavy atom. The average Bonchev–Trinajstić information content (AvgIpc) is 2.84. The number of rotatable bonds is 11. The van der Waals surface area contributed by atoms with E-state index in [2.05, 4.69) is 41.5 Å². The van der Waals surface area contributed by atoms with Crippen molar-refractivity contribution >= 4 is 12.1 Å². The third-order valence-electron chi connectivity index (χ3n) is 5.07. The highest BCUT2D eigenvalue weighted by Gasteiger charge is 2.04. The first-order valence-electron chi connectivity index (χ1n) is 10.8. The Morgan fingerprint density at radius 1 is 1.03 bits per heavy atom. The topological polar surface area (TPSA) is 72.8 Å². The van der Waals surface area contributed by atoms with Crippen molar-refractivity contribution in [2.24, 2.45) is 5.10 Å². The van der Waals surface area contributed by atoms with Gasteiger partial charge in [-0.1, -0.05) is 38.1 Å². The van der Waals surface area contributed by atoms with Crippen LogP contribution in [-0.4, -0.2) is 30.3 Å². The van der Waals surface area contributed by atoms with Crippen LogP contribution in [0.15, 0.2) is 78.2 Å². The molecular weight excluding hydrogens is 402 g/mol. The molecule has 0 spiro atoms. The number of nitrogens with one attached hydrogen (secondary N) is 1. The van der Waals surface area contributed by atoms with E-state index in [1.165, 1.54) is 5.56 Å².